The van der Waals surface area contributed by atoms with Crippen molar-refractivity contribution in [3.8, 4) is 5.75 Å². The van der Waals surface area contributed by atoms with Gasteiger partial charge < -0.3 is 15.2 Å². The van der Waals surface area contributed by atoms with Crippen LogP contribution in [0.1, 0.15) is 18.9 Å². The summed E-state index contributed by atoms with van der Waals surface area (Å²) in [6.07, 6.45) is 0.570. The summed E-state index contributed by atoms with van der Waals surface area (Å²) >= 11 is 0. The number of carbonyl (C=O) groups excluding carboxylic acids is 2. The molecule has 1 aromatic rings. The van der Waals surface area contributed by atoms with Gasteiger partial charge in [0.05, 0.1) is 18.9 Å². The monoisotopic (exact) mass is 249 g/mol. The van der Waals surface area contributed by atoms with Gasteiger partial charge >= 0.3 is 5.97 Å². The molecule has 1 atom stereocenters. The van der Waals surface area contributed by atoms with Crippen molar-refractivity contribution in [3.63, 3.8) is 0 Å². The molecule has 0 bridgehead atoms. The number of ether oxygens (including phenoxy) is 1. The topological polar surface area (TPSA) is 75.6 Å². The zero-order valence-corrected chi connectivity index (χ0v) is 10.1. The molecule has 0 spiro atoms. The number of phenols is 1. The Hall–Kier alpha value is -2.04. The van der Waals surface area contributed by atoms with Crippen LogP contribution in [0.5, 0.6) is 5.75 Å². The van der Waals surface area contributed by atoms with Crippen molar-refractivity contribution in [1.82, 2.24) is 0 Å². The Labute approximate surface area is 105 Å². The largest absolute Gasteiger partial charge is 0.508 e. The number of hydrogen-bond acceptors (Lipinski definition) is 4. The lowest BCUT2D eigenvalue weighted by molar-refractivity contribution is -0.145. The van der Waals surface area contributed by atoms with Gasteiger partial charge in [-0.15, -0.1) is 0 Å². The average Bonchev–Trinajstić information content (AvgIpc) is 2.31. The van der Waals surface area contributed by atoms with E-state index >= 15 is 0 Å². The third kappa shape index (κ3) is 2.61. The van der Waals surface area contributed by atoms with Crippen LogP contribution in [0.4, 0.5) is 5.69 Å². The van der Waals surface area contributed by atoms with Crippen LogP contribution >= 0.6 is 0 Å². The molecule has 0 radical (unpaired) electrons. The first-order valence-corrected chi connectivity index (χ1v) is 5.88. The molecule has 1 aliphatic heterocycles. The lowest BCUT2D eigenvalue weighted by Crippen LogP contribution is -2.31. The van der Waals surface area contributed by atoms with Gasteiger partial charge in [-0.05, 0) is 25.0 Å². The minimum atomic E-state index is -0.402. The lowest BCUT2D eigenvalue weighted by atomic mass is 9.90. The third-order valence-electron chi connectivity index (χ3n) is 2.91. The fourth-order valence-electron chi connectivity index (χ4n) is 2.04. The molecule has 5 heteroatoms. The standard InChI is InChI=1S/C13H15NO4/c1-2-18-12(16)6-9-5-8-3-4-10(15)7-11(8)14-13(9)17/h3-4,7,9,15H,2,5-6H2,1H3,(H,14,17). The Balaban J connectivity index is 2.11. The van der Waals surface area contributed by atoms with Crippen molar-refractivity contribution in [3.05, 3.63) is 23.8 Å². The highest BCUT2D eigenvalue weighted by Crippen LogP contribution is 2.30. The normalized spacial score (nSPS) is 17.8. The minimum Gasteiger partial charge on any atom is -0.508 e. The molecule has 0 aromatic heterocycles. The summed E-state index contributed by atoms with van der Waals surface area (Å²) in [5.74, 6) is -0.861. The predicted octanol–water partition coefficient (Wildman–Crippen LogP) is 1.46. The number of phenolic OH excluding ortho intramolecular Hbond substituents is 1. The molecule has 1 heterocycles. The van der Waals surface area contributed by atoms with Gasteiger partial charge in [0.1, 0.15) is 5.75 Å². The molecule has 1 aromatic carbocycles. The van der Waals surface area contributed by atoms with Crippen molar-refractivity contribution in [2.24, 2.45) is 5.92 Å². The highest BCUT2D eigenvalue weighted by Gasteiger charge is 2.28. The van der Waals surface area contributed by atoms with Gasteiger partial charge in [-0.2, -0.15) is 0 Å². The number of rotatable bonds is 3. The zero-order chi connectivity index (χ0) is 13.1. The van der Waals surface area contributed by atoms with Crippen molar-refractivity contribution < 1.29 is 19.4 Å². The highest BCUT2D eigenvalue weighted by atomic mass is 16.5. The van der Waals surface area contributed by atoms with E-state index in [0.29, 0.717) is 18.7 Å². The molecule has 1 aliphatic rings. The Kier molecular flexibility index (Phi) is 3.50. The fraction of sp³-hybridized carbons (Fsp3) is 0.385. The number of carbonyl (C=O) groups is 2. The molecule has 1 amide bonds. The molecular weight excluding hydrogens is 234 g/mol. The first-order chi connectivity index (χ1) is 8.60. The van der Waals surface area contributed by atoms with Gasteiger partial charge in [-0.1, -0.05) is 6.07 Å². The first kappa shape index (κ1) is 12.4. The Bertz CT molecular complexity index is 484. The van der Waals surface area contributed by atoms with E-state index in [9.17, 15) is 14.7 Å². The fourth-order valence-corrected chi connectivity index (χ4v) is 2.04. The van der Waals surface area contributed by atoms with E-state index in [1.54, 1.807) is 19.1 Å². The number of benzene rings is 1. The van der Waals surface area contributed by atoms with Crippen LogP contribution in [-0.2, 0) is 20.7 Å². The minimum absolute atomic E-state index is 0.0833. The second kappa shape index (κ2) is 5.08. The Morgan fingerprint density at radius 2 is 2.33 bits per heavy atom. The molecule has 2 rings (SSSR count). The van der Waals surface area contributed by atoms with Gasteiger partial charge in [0, 0.05) is 11.8 Å². The van der Waals surface area contributed by atoms with Gasteiger partial charge in [0.2, 0.25) is 5.91 Å². The number of nitrogens with one attached hydrogen (secondary N) is 1. The van der Waals surface area contributed by atoms with E-state index in [1.165, 1.54) is 6.07 Å². The van der Waals surface area contributed by atoms with Gasteiger partial charge in [0.25, 0.3) is 0 Å². The van der Waals surface area contributed by atoms with Gasteiger partial charge in [0.15, 0.2) is 0 Å². The number of fused-ring (bicyclic) bond motifs is 1. The molecule has 1 unspecified atom stereocenters. The SMILES string of the molecule is CCOC(=O)CC1Cc2ccc(O)cc2NC1=O. The van der Waals surface area contributed by atoms with Crippen LogP contribution < -0.4 is 5.32 Å². The van der Waals surface area contributed by atoms with E-state index in [2.05, 4.69) is 5.32 Å². The summed E-state index contributed by atoms with van der Waals surface area (Å²) in [4.78, 5) is 23.2. The summed E-state index contributed by atoms with van der Waals surface area (Å²) in [7, 11) is 0. The average molecular weight is 249 g/mol. The van der Waals surface area contributed by atoms with Crippen LogP contribution in [0.15, 0.2) is 18.2 Å². The molecule has 96 valence electrons. The maximum absolute atomic E-state index is 11.8. The van der Waals surface area contributed by atoms with E-state index in [0.717, 1.165) is 5.56 Å². The van der Waals surface area contributed by atoms with E-state index in [4.69, 9.17) is 4.74 Å². The number of anilines is 1. The Morgan fingerprint density at radius 3 is 3.06 bits per heavy atom. The van der Waals surface area contributed by atoms with E-state index in [1.807, 2.05) is 0 Å². The third-order valence-corrected chi connectivity index (χ3v) is 2.91. The van der Waals surface area contributed by atoms with Crippen molar-refractivity contribution in [2.75, 3.05) is 11.9 Å². The number of hydrogen-bond donors (Lipinski definition) is 2. The first-order valence-electron chi connectivity index (χ1n) is 5.88. The van der Waals surface area contributed by atoms with Crippen LogP contribution in [0.3, 0.4) is 0 Å². The second-order valence-electron chi connectivity index (χ2n) is 4.24. The molecule has 0 saturated carbocycles. The maximum atomic E-state index is 11.8. The summed E-state index contributed by atoms with van der Waals surface area (Å²) in [5.41, 5.74) is 1.53. The zero-order valence-electron chi connectivity index (χ0n) is 10.1. The molecule has 0 saturated heterocycles. The van der Waals surface area contributed by atoms with Crippen molar-refractivity contribution in [1.29, 1.82) is 0 Å². The van der Waals surface area contributed by atoms with Crippen molar-refractivity contribution in [2.45, 2.75) is 19.8 Å². The number of aromatic hydroxyl groups is 1. The van der Waals surface area contributed by atoms with Crippen LogP contribution in [-0.4, -0.2) is 23.6 Å². The van der Waals surface area contributed by atoms with Gasteiger partial charge in [-0.25, -0.2) is 0 Å². The summed E-state index contributed by atoms with van der Waals surface area (Å²) in [6, 6.07) is 4.83. The lowest BCUT2D eigenvalue weighted by Gasteiger charge is -2.24. The smallest absolute Gasteiger partial charge is 0.306 e. The molecule has 0 aliphatic carbocycles. The summed E-state index contributed by atoms with van der Waals surface area (Å²) in [6.45, 7) is 2.05. The van der Waals surface area contributed by atoms with Crippen molar-refractivity contribution >= 4 is 17.6 Å². The second-order valence-corrected chi connectivity index (χ2v) is 4.24. The van der Waals surface area contributed by atoms with Gasteiger partial charge in [-0.3, -0.25) is 9.59 Å². The summed E-state index contributed by atoms with van der Waals surface area (Å²) < 4.78 is 4.84. The highest BCUT2D eigenvalue weighted by molar-refractivity contribution is 5.97. The van der Waals surface area contributed by atoms with Crippen LogP contribution in [0.2, 0.25) is 0 Å². The molecule has 0 fully saturated rings. The maximum Gasteiger partial charge on any atom is 0.306 e. The molecule has 18 heavy (non-hydrogen) atoms. The van der Waals surface area contributed by atoms with E-state index < -0.39 is 5.92 Å². The predicted molar refractivity (Wildman–Crippen MR) is 65.2 cm³/mol. The number of esters is 1. The molecular formula is C13H15NO4. The quantitative estimate of drug-likeness (QED) is 0.795. The Morgan fingerprint density at radius 1 is 1.56 bits per heavy atom. The van der Waals surface area contributed by atoms with E-state index in [-0.39, 0.29) is 24.0 Å². The summed E-state index contributed by atoms with van der Waals surface area (Å²) in [5, 5.41) is 12.0. The number of amides is 1. The van der Waals surface area contributed by atoms with Crippen LogP contribution in [0, 0.1) is 5.92 Å². The molecule has 2 N–H and O–H groups in total. The molecule has 5 nitrogen and oxygen atoms in total. The van der Waals surface area contributed by atoms with Crippen LogP contribution in [0.25, 0.3) is 0 Å².